The first kappa shape index (κ1) is 20.3. The van der Waals surface area contributed by atoms with Gasteiger partial charge in [0.25, 0.3) is 11.6 Å². The quantitative estimate of drug-likeness (QED) is 0.454. The molecule has 3 aromatic rings. The molecule has 0 aliphatic rings. The lowest BCUT2D eigenvalue weighted by Crippen LogP contribution is -2.19. The van der Waals surface area contributed by atoms with Gasteiger partial charge in [-0.1, -0.05) is 18.5 Å². The summed E-state index contributed by atoms with van der Waals surface area (Å²) in [5, 5.41) is 13.9. The van der Waals surface area contributed by atoms with Crippen molar-refractivity contribution in [1.29, 1.82) is 0 Å². The van der Waals surface area contributed by atoms with Crippen LogP contribution in [-0.2, 0) is 0 Å². The predicted molar refractivity (Wildman–Crippen MR) is 107 cm³/mol. The number of rotatable bonds is 7. The van der Waals surface area contributed by atoms with Gasteiger partial charge in [-0.25, -0.2) is 4.98 Å². The summed E-state index contributed by atoms with van der Waals surface area (Å²) in [6.07, 6.45) is 3.36. The van der Waals surface area contributed by atoms with Crippen molar-refractivity contribution in [3.05, 3.63) is 57.4 Å². The third-order valence-corrected chi connectivity index (χ3v) is 4.22. The number of halogens is 1. The number of fused-ring (bicyclic) bond motifs is 1. The first-order valence-electron chi connectivity index (χ1n) is 8.70. The molecule has 29 heavy (non-hydrogen) atoms. The lowest BCUT2D eigenvalue weighted by Gasteiger charge is -2.13. The maximum atomic E-state index is 12.3. The zero-order valence-corrected chi connectivity index (χ0v) is 16.4. The van der Waals surface area contributed by atoms with E-state index in [1.54, 1.807) is 18.2 Å². The summed E-state index contributed by atoms with van der Waals surface area (Å²) in [7, 11) is 1.53. The molecular weight excluding hydrogens is 400 g/mol. The van der Waals surface area contributed by atoms with E-state index in [1.165, 1.54) is 13.2 Å². The number of carbonyl (C=O) groups excluding carboxylic acids is 1. The van der Waals surface area contributed by atoms with E-state index < -0.39 is 4.92 Å². The van der Waals surface area contributed by atoms with Gasteiger partial charge in [-0.15, -0.1) is 0 Å². The molecule has 2 heterocycles. The van der Waals surface area contributed by atoms with Gasteiger partial charge < -0.3 is 14.8 Å². The summed E-state index contributed by atoms with van der Waals surface area (Å²) < 4.78 is 11.5. The maximum Gasteiger partial charge on any atom is 0.289 e. The predicted octanol–water partition coefficient (Wildman–Crippen LogP) is 4.13. The van der Waals surface area contributed by atoms with Gasteiger partial charge in [0.1, 0.15) is 22.7 Å². The minimum Gasteiger partial charge on any atom is -0.493 e. The summed E-state index contributed by atoms with van der Waals surface area (Å²) in [5.41, 5.74) is 0.620. The Morgan fingerprint density at radius 1 is 1.28 bits per heavy atom. The summed E-state index contributed by atoms with van der Waals surface area (Å²) in [4.78, 5) is 30.8. The second-order valence-corrected chi connectivity index (χ2v) is 6.35. The summed E-state index contributed by atoms with van der Waals surface area (Å²) in [6.45, 7) is 2.42. The molecule has 1 amide bonds. The monoisotopic (exact) mass is 416 g/mol. The molecule has 150 valence electrons. The molecule has 0 aliphatic carbocycles. The van der Waals surface area contributed by atoms with Gasteiger partial charge in [-0.05, 0) is 18.6 Å². The molecule has 0 saturated heterocycles. The second-order valence-electron chi connectivity index (χ2n) is 5.94. The number of nitrogens with zero attached hydrogens (tertiary/aromatic N) is 3. The van der Waals surface area contributed by atoms with Crippen LogP contribution in [0.2, 0.25) is 5.02 Å². The molecule has 0 spiro atoms. The Morgan fingerprint density at radius 2 is 2.07 bits per heavy atom. The van der Waals surface area contributed by atoms with Crippen molar-refractivity contribution in [2.45, 2.75) is 13.3 Å². The van der Waals surface area contributed by atoms with Gasteiger partial charge >= 0.3 is 0 Å². The molecule has 3 rings (SSSR count). The van der Waals surface area contributed by atoms with Crippen LogP contribution in [0.4, 0.5) is 5.69 Å². The average Bonchev–Trinajstić information content (AvgIpc) is 2.72. The Labute approximate surface area is 170 Å². The molecule has 9 nitrogen and oxygen atoms in total. The van der Waals surface area contributed by atoms with Crippen LogP contribution in [0.15, 0.2) is 36.7 Å². The van der Waals surface area contributed by atoms with E-state index in [4.69, 9.17) is 21.1 Å². The number of hydrogen-bond acceptors (Lipinski definition) is 7. The van der Waals surface area contributed by atoms with Crippen molar-refractivity contribution in [2.75, 3.05) is 13.7 Å². The lowest BCUT2D eigenvalue weighted by molar-refractivity contribution is -0.385. The average molecular weight is 417 g/mol. The Balaban J connectivity index is 2.07. The van der Waals surface area contributed by atoms with Gasteiger partial charge in [0, 0.05) is 30.8 Å². The van der Waals surface area contributed by atoms with Crippen molar-refractivity contribution in [3.63, 3.8) is 0 Å². The van der Waals surface area contributed by atoms with E-state index in [-0.39, 0.29) is 22.5 Å². The van der Waals surface area contributed by atoms with Gasteiger partial charge in [0.2, 0.25) is 5.88 Å². The number of pyridine rings is 2. The Hall–Kier alpha value is -3.46. The first-order chi connectivity index (χ1) is 13.9. The Bertz CT molecular complexity index is 1090. The molecule has 10 heteroatoms. The lowest BCUT2D eigenvalue weighted by atomic mass is 10.1. The number of hydrogen-bond donors (Lipinski definition) is 1. The molecule has 0 radical (unpaired) electrons. The zero-order chi connectivity index (χ0) is 21.0. The molecule has 0 saturated carbocycles. The minimum absolute atomic E-state index is 0.00225. The topological polar surface area (TPSA) is 116 Å². The SMILES string of the molecule is CCCOc1cc2nccc(Oc3ncc([N+](=O)[O-])cc3Cl)c2cc1C(=O)NC. The Morgan fingerprint density at radius 3 is 2.72 bits per heavy atom. The normalized spacial score (nSPS) is 10.6. The van der Waals surface area contributed by atoms with Crippen molar-refractivity contribution in [2.24, 2.45) is 0 Å². The molecule has 1 N–H and O–H groups in total. The molecule has 0 fully saturated rings. The van der Waals surface area contributed by atoms with Crippen LogP contribution in [-0.4, -0.2) is 34.5 Å². The minimum atomic E-state index is -0.599. The molecule has 0 unspecified atom stereocenters. The number of nitro groups is 1. The standard InChI is InChI=1S/C19H17ClN4O5/c1-3-6-28-17-9-15-12(8-13(17)18(25)21-2)16(4-5-22-15)29-19-14(20)7-11(10-23-19)24(26)27/h4-5,7-10H,3,6H2,1-2H3,(H,21,25). The van der Waals surface area contributed by atoms with Crippen LogP contribution in [0.5, 0.6) is 17.4 Å². The molecule has 0 aliphatic heterocycles. The van der Waals surface area contributed by atoms with E-state index in [0.717, 1.165) is 18.7 Å². The molecule has 2 aromatic heterocycles. The number of aromatic nitrogens is 2. The zero-order valence-electron chi connectivity index (χ0n) is 15.6. The summed E-state index contributed by atoms with van der Waals surface area (Å²) in [6, 6.07) is 6.01. The van der Waals surface area contributed by atoms with Gasteiger partial charge in [-0.2, -0.15) is 0 Å². The number of nitrogens with one attached hydrogen (secondary N) is 1. The van der Waals surface area contributed by atoms with E-state index in [0.29, 0.717) is 34.6 Å². The summed E-state index contributed by atoms with van der Waals surface area (Å²) in [5.74, 6) is 0.428. The summed E-state index contributed by atoms with van der Waals surface area (Å²) >= 11 is 6.07. The van der Waals surface area contributed by atoms with E-state index in [9.17, 15) is 14.9 Å². The molecule has 1 aromatic carbocycles. The highest BCUT2D eigenvalue weighted by Crippen LogP contribution is 2.35. The first-order valence-corrected chi connectivity index (χ1v) is 9.07. The van der Waals surface area contributed by atoms with Gasteiger partial charge in [0.05, 0.1) is 22.6 Å². The van der Waals surface area contributed by atoms with E-state index in [1.807, 2.05) is 6.92 Å². The van der Waals surface area contributed by atoms with Crippen LogP contribution in [0, 0.1) is 10.1 Å². The fourth-order valence-electron chi connectivity index (χ4n) is 2.58. The second kappa shape index (κ2) is 8.70. The van der Waals surface area contributed by atoms with Gasteiger partial charge in [0.15, 0.2) is 0 Å². The molecule has 0 atom stereocenters. The fraction of sp³-hybridized carbons (Fsp3) is 0.211. The van der Waals surface area contributed by atoms with Crippen LogP contribution in [0.25, 0.3) is 10.9 Å². The molecule has 0 bridgehead atoms. The van der Waals surface area contributed by atoms with E-state index in [2.05, 4.69) is 15.3 Å². The third kappa shape index (κ3) is 4.35. The largest absolute Gasteiger partial charge is 0.493 e. The van der Waals surface area contributed by atoms with Crippen LogP contribution in [0.1, 0.15) is 23.7 Å². The van der Waals surface area contributed by atoms with Gasteiger partial charge in [-0.3, -0.25) is 19.9 Å². The number of ether oxygens (including phenoxy) is 2. The number of amides is 1. The Kier molecular flexibility index (Phi) is 6.08. The fourth-order valence-corrected chi connectivity index (χ4v) is 2.77. The highest BCUT2D eigenvalue weighted by molar-refractivity contribution is 6.32. The van der Waals surface area contributed by atoms with Crippen molar-refractivity contribution >= 4 is 34.1 Å². The van der Waals surface area contributed by atoms with Crippen LogP contribution in [0.3, 0.4) is 0 Å². The number of carbonyl (C=O) groups is 1. The highest BCUT2D eigenvalue weighted by Gasteiger charge is 2.18. The van der Waals surface area contributed by atoms with Crippen molar-refractivity contribution < 1.29 is 19.2 Å². The smallest absolute Gasteiger partial charge is 0.289 e. The number of benzene rings is 1. The molecular formula is C19H17ClN4O5. The van der Waals surface area contributed by atoms with Crippen molar-refractivity contribution in [1.82, 2.24) is 15.3 Å². The van der Waals surface area contributed by atoms with Crippen LogP contribution >= 0.6 is 11.6 Å². The van der Waals surface area contributed by atoms with Crippen molar-refractivity contribution in [3.8, 4) is 17.4 Å². The van der Waals surface area contributed by atoms with Crippen LogP contribution < -0.4 is 14.8 Å². The highest BCUT2D eigenvalue weighted by atomic mass is 35.5. The van der Waals surface area contributed by atoms with E-state index >= 15 is 0 Å². The third-order valence-electron chi connectivity index (χ3n) is 3.95. The maximum absolute atomic E-state index is 12.3.